The molecule has 4 heteroatoms. The molecule has 3 amide bonds. The number of rotatable bonds is 3. The first kappa shape index (κ1) is 11.4. The van der Waals surface area contributed by atoms with Crippen molar-refractivity contribution < 1.29 is 9.59 Å². The molecule has 0 radical (unpaired) electrons. The monoisotopic (exact) mass is 182 g/mol. The van der Waals surface area contributed by atoms with Crippen molar-refractivity contribution in [3.05, 3.63) is 25.4 Å². The number of nitrogens with zero attached hydrogens (tertiary/aromatic N) is 1. The molecule has 0 aromatic carbocycles. The third kappa shape index (κ3) is 3.11. The minimum Gasteiger partial charge on any atom is -0.315 e. The topological polar surface area (TPSA) is 49.4 Å². The van der Waals surface area contributed by atoms with Crippen LogP contribution in [0.2, 0.25) is 0 Å². The van der Waals surface area contributed by atoms with Gasteiger partial charge in [-0.15, -0.1) is 0 Å². The van der Waals surface area contributed by atoms with Crippen LogP contribution in [-0.4, -0.2) is 22.9 Å². The van der Waals surface area contributed by atoms with Crippen molar-refractivity contribution in [2.45, 2.75) is 19.9 Å². The zero-order chi connectivity index (χ0) is 10.4. The van der Waals surface area contributed by atoms with Crippen molar-refractivity contribution in [2.24, 2.45) is 0 Å². The third-order valence-corrected chi connectivity index (χ3v) is 1.37. The number of hydrogen-bond donors (Lipinski definition) is 1. The summed E-state index contributed by atoms with van der Waals surface area (Å²) >= 11 is 0. The molecule has 0 aliphatic rings. The van der Waals surface area contributed by atoms with Gasteiger partial charge < -0.3 is 5.32 Å². The van der Waals surface area contributed by atoms with Gasteiger partial charge >= 0.3 is 6.03 Å². The largest absolute Gasteiger partial charge is 0.328 e. The van der Waals surface area contributed by atoms with Gasteiger partial charge in [-0.1, -0.05) is 13.2 Å². The average Bonchev–Trinajstić information content (AvgIpc) is 2.04. The summed E-state index contributed by atoms with van der Waals surface area (Å²) in [4.78, 5) is 23.5. The van der Waals surface area contributed by atoms with Crippen LogP contribution in [0.3, 0.4) is 0 Å². The first-order valence-corrected chi connectivity index (χ1v) is 3.91. The Morgan fingerprint density at radius 1 is 1.38 bits per heavy atom. The highest BCUT2D eigenvalue weighted by Crippen LogP contribution is 2.00. The summed E-state index contributed by atoms with van der Waals surface area (Å²) < 4.78 is 0. The molecule has 0 saturated heterocycles. The summed E-state index contributed by atoms with van der Waals surface area (Å²) in [6.45, 7) is 10.1. The van der Waals surface area contributed by atoms with E-state index >= 15 is 0 Å². The first-order chi connectivity index (χ1) is 6.04. The molecule has 0 aromatic heterocycles. The van der Waals surface area contributed by atoms with Gasteiger partial charge in [0.2, 0.25) is 0 Å². The van der Waals surface area contributed by atoms with Crippen LogP contribution >= 0.6 is 0 Å². The number of carbonyl (C=O) groups excluding carboxylic acids is 2. The van der Waals surface area contributed by atoms with E-state index in [1.54, 1.807) is 13.8 Å². The predicted octanol–water partition coefficient (Wildman–Crippen LogP) is 1.26. The molecule has 0 saturated carbocycles. The smallest absolute Gasteiger partial charge is 0.315 e. The van der Waals surface area contributed by atoms with Gasteiger partial charge in [-0.25, -0.2) is 4.79 Å². The maximum atomic E-state index is 11.3. The highest BCUT2D eigenvalue weighted by molar-refractivity contribution is 6.00. The van der Waals surface area contributed by atoms with Gasteiger partial charge in [-0.3, -0.25) is 9.69 Å². The number of amides is 3. The highest BCUT2D eigenvalue weighted by Gasteiger charge is 2.20. The van der Waals surface area contributed by atoms with E-state index in [-0.39, 0.29) is 6.04 Å². The number of imide groups is 1. The van der Waals surface area contributed by atoms with Gasteiger partial charge in [0.25, 0.3) is 5.91 Å². The van der Waals surface area contributed by atoms with Crippen LogP contribution in [-0.2, 0) is 4.79 Å². The van der Waals surface area contributed by atoms with Crippen molar-refractivity contribution in [2.75, 3.05) is 0 Å². The number of urea groups is 1. The van der Waals surface area contributed by atoms with Crippen LogP contribution in [0.15, 0.2) is 25.4 Å². The van der Waals surface area contributed by atoms with Crippen LogP contribution < -0.4 is 5.32 Å². The Balaban J connectivity index is 4.59. The molecule has 13 heavy (non-hydrogen) atoms. The van der Waals surface area contributed by atoms with Crippen molar-refractivity contribution in [3.63, 3.8) is 0 Å². The Morgan fingerprint density at radius 3 is 2.23 bits per heavy atom. The molecular weight excluding hydrogens is 168 g/mol. The molecule has 1 N–H and O–H groups in total. The molecule has 0 heterocycles. The van der Waals surface area contributed by atoms with Gasteiger partial charge in [0.1, 0.15) is 0 Å². The zero-order valence-corrected chi connectivity index (χ0v) is 7.91. The fourth-order valence-electron chi connectivity index (χ4n) is 0.844. The molecule has 0 aliphatic carbocycles. The Bertz CT molecular complexity index is 234. The molecule has 0 fully saturated rings. The Labute approximate surface area is 77.9 Å². The molecule has 4 nitrogen and oxygen atoms in total. The molecule has 0 unspecified atom stereocenters. The third-order valence-electron chi connectivity index (χ3n) is 1.37. The summed E-state index contributed by atoms with van der Waals surface area (Å²) in [7, 11) is 0. The second-order valence-corrected chi connectivity index (χ2v) is 2.66. The standard InChI is InChI=1S/C9H14N2O2/c1-5-8(12)11(7(3)4)9(13)10-6-2/h5-7H,1-2H2,3-4H3,(H,10,13). The Morgan fingerprint density at radius 2 is 1.92 bits per heavy atom. The van der Waals surface area contributed by atoms with Gasteiger partial charge in [0, 0.05) is 6.04 Å². The highest BCUT2D eigenvalue weighted by atomic mass is 16.2. The SMILES string of the molecule is C=CNC(=O)N(C(=O)C=C)C(C)C. The fraction of sp³-hybridized carbons (Fsp3) is 0.333. The lowest BCUT2D eigenvalue weighted by Gasteiger charge is -2.22. The molecule has 0 bridgehead atoms. The van der Waals surface area contributed by atoms with E-state index < -0.39 is 11.9 Å². The van der Waals surface area contributed by atoms with Crippen LogP contribution in [0.4, 0.5) is 4.79 Å². The molecule has 0 spiro atoms. The predicted molar refractivity (Wildman–Crippen MR) is 50.9 cm³/mol. The lowest BCUT2D eigenvalue weighted by molar-refractivity contribution is -0.124. The van der Waals surface area contributed by atoms with E-state index in [0.717, 1.165) is 11.0 Å². The lowest BCUT2D eigenvalue weighted by atomic mass is 10.3. The fourth-order valence-corrected chi connectivity index (χ4v) is 0.844. The average molecular weight is 182 g/mol. The van der Waals surface area contributed by atoms with Crippen LogP contribution in [0.5, 0.6) is 0 Å². The van der Waals surface area contributed by atoms with E-state index in [2.05, 4.69) is 18.5 Å². The summed E-state index contributed by atoms with van der Waals surface area (Å²) in [6, 6.07) is -0.694. The van der Waals surface area contributed by atoms with E-state index in [1.165, 1.54) is 6.20 Å². The number of carbonyl (C=O) groups is 2. The molecular formula is C9H14N2O2. The van der Waals surface area contributed by atoms with E-state index in [4.69, 9.17) is 0 Å². The van der Waals surface area contributed by atoms with Crippen molar-refractivity contribution in [1.82, 2.24) is 10.2 Å². The second kappa shape index (κ2) is 5.13. The minimum atomic E-state index is -0.491. The lowest BCUT2D eigenvalue weighted by Crippen LogP contribution is -2.45. The minimum absolute atomic E-state index is 0.203. The molecule has 72 valence electrons. The van der Waals surface area contributed by atoms with Crippen molar-refractivity contribution in [1.29, 1.82) is 0 Å². The molecule has 0 rings (SSSR count). The number of hydrogen-bond acceptors (Lipinski definition) is 2. The number of nitrogens with one attached hydrogen (secondary N) is 1. The Hall–Kier alpha value is -1.58. The maximum absolute atomic E-state index is 11.3. The van der Waals surface area contributed by atoms with E-state index in [9.17, 15) is 9.59 Å². The van der Waals surface area contributed by atoms with Crippen LogP contribution in [0.25, 0.3) is 0 Å². The van der Waals surface area contributed by atoms with Gasteiger partial charge in [-0.05, 0) is 26.1 Å². The summed E-state index contributed by atoms with van der Waals surface area (Å²) in [5, 5.41) is 2.32. The normalized spacial score (nSPS) is 9.15. The zero-order valence-electron chi connectivity index (χ0n) is 7.91. The summed E-state index contributed by atoms with van der Waals surface area (Å²) in [5.41, 5.74) is 0. The molecule has 0 aliphatic heterocycles. The summed E-state index contributed by atoms with van der Waals surface area (Å²) in [6.07, 6.45) is 2.33. The van der Waals surface area contributed by atoms with Crippen LogP contribution in [0, 0.1) is 0 Å². The molecule has 0 aromatic rings. The quantitative estimate of drug-likeness (QED) is 0.668. The summed E-state index contributed by atoms with van der Waals surface area (Å²) in [5.74, 6) is -0.422. The van der Waals surface area contributed by atoms with Crippen molar-refractivity contribution >= 4 is 11.9 Å². The van der Waals surface area contributed by atoms with Crippen LogP contribution in [0.1, 0.15) is 13.8 Å². The van der Waals surface area contributed by atoms with Gasteiger partial charge in [-0.2, -0.15) is 0 Å². The van der Waals surface area contributed by atoms with E-state index in [1.807, 2.05) is 0 Å². The van der Waals surface area contributed by atoms with Gasteiger partial charge in [0.05, 0.1) is 0 Å². The second-order valence-electron chi connectivity index (χ2n) is 2.66. The molecule has 0 atom stereocenters. The Kier molecular flexibility index (Phi) is 4.51. The van der Waals surface area contributed by atoms with Gasteiger partial charge in [0.15, 0.2) is 0 Å². The first-order valence-electron chi connectivity index (χ1n) is 3.91. The van der Waals surface area contributed by atoms with E-state index in [0.29, 0.717) is 0 Å². The van der Waals surface area contributed by atoms with Crippen molar-refractivity contribution in [3.8, 4) is 0 Å². The maximum Gasteiger partial charge on any atom is 0.328 e.